The summed E-state index contributed by atoms with van der Waals surface area (Å²) in [5, 5.41) is 6.10. The van der Waals surface area contributed by atoms with Crippen LogP contribution in [-0.4, -0.2) is 25.6 Å². The zero-order valence-electron chi connectivity index (χ0n) is 14.9. The third kappa shape index (κ3) is 6.44. The number of rotatable bonds is 9. The number of carbonyl (C=O) groups is 1. The Morgan fingerprint density at radius 3 is 2.19 bits per heavy atom. The number of carbonyl (C=O) groups excluding carboxylic acids is 1. The van der Waals surface area contributed by atoms with Gasteiger partial charge in [0, 0.05) is 6.54 Å². The van der Waals surface area contributed by atoms with Gasteiger partial charge in [0.15, 0.2) is 0 Å². The zero-order valence-corrected chi connectivity index (χ0v) is 14.9. The molecule has 6 heteroatoms. The lowest BCUT2D eigenvalue weighted by molar-refractivity contribution is -0.120. The molecule has 2 aromatic carbocycles. The molecule has 4 nitrogen and oxygen atoms in total. The molecule has 2 rings (SSSR count). The van der Waals surface area contributed by atoms with E-state index < -0.39 is 6.61 Å². The van der Waals surface area contributed by atoms with Crippen molar-refractivity contribution in [2.75, 3.05) is 13.1 Å². The molecule has 0 heterocycles. The predicted molar refractivity (Wildman–Crippen MR) is 97.2 cm³/mol. The molecular weight excluding hydrogens is 338 g/mol. The van der Waals surface area contributed by atoms with Crippen LogP contribution in [-0.2, 0) is 4.79 Å². The zero-order chi connectivity index (χ0) is 18.9. The minimum absolute atomic E-state index is 0.0858. The number of hydrogen-bond donors (Lipinski definition) is 2. The minimum Gasteiger partial charge on any atom is -0.435 e. The van der Waals surface area contributed by atoms with Crippen LogP contribution in [0.4, 0.5) is 8.78 Å². The Bertz CT molecular complexity index is 676. The van der Waals surface area contributed by atoms with Crippen molar-refractivity contribution in [3.63, 3.8) is 0 Å². The number of halogens is 2. The van der Waals surface area contributed by atoms with Crippen LogP contribution in [0.3, 0.4) is 0 Å². The van der Waals surface area contributed by atoms with Crippen LogP contribution in [0.25, 0.3) is 0 Å². The molecule has 0 aromatic heterocycles. The van der Waals surface area contributed by atoms with Gasteiger partial charge in [0.1, 0.15) is 5.75 Å². The summed E-state index contributed by atoms with van der Waals surface area (Å²) >= 11 is 0. The number of hydrogen-bond acceptors (Lipinski definition) is 3. The van der Waals surface area contributed by atoms with Gasteiger partial charge in [-0.3, -0.25) is 10.1 Å². The van der Waals surface area contributed by atoms with Crippen LogP contribution in [0, 0.1) is 5.92 Å². The van der Waals surface area contributed by atoms with E-state index in [4.69, 9.17) is 0 Å². The summed E-state index contributed by atoms with van der Waals surface area (Å²) < 4.78 is 29.0. The maximum atomic E-state index is 12.3. The molecule has 0 aliphatic carbocycles. The molecule has 0 aliphatic heterocycles. The molecule has 0 bridgehead atoms. The number of ether oxygens (including phenoxy) is 1. The minimum atomic E-state index is -2.85. The van der Waals surface area contributed by atoms with E-state index >= 15 is 0 Å². The molecule has 2 aromatic rings. The molecule has 0 saturated heterocycles. The van der Waals surface area contributed by atoms with Crippen LogP contribution < -0.4 is 15.4 Å². The van der Waals surface area contributed by atoms with Crippen LogP contribution in [0.15, 0.2) is 54.6 Å². The number of nitrogens with one attached hydrogen (secondary N) is 2. The van der Waals surface area contributed by atoms with Crippen molar-refractivity contribution in [1.29, 1.82) is 0 Å². The van der Waals surface area contributed by atoms with E-state index in [2.05, 4.69) is 15.4 Å². The van der Waals surface area contributed by atoms with Crippen LogP contribution in [0.2, 0.25) is 0 Å². The van der Waals surface area contributed by atoms with Gasteiger partial charge < -0.3 is 10.1 Å². The molecular formula is C20H24F2N2O2. The summed E-state index contributed by atoms with van der Waals surface area (Å²) in [7, 11) is 0. The molecule has 26 heavy (non-hydrogen) atoms. The van der Waals surface area contributed by atoms with Gasteiger partial charge in [-0.2, -0.15) is 8.78 Å². The first-order chi connectivity index (χ1) is 12.5. The average Bonchev–Trinajstić information content (AvgIpc) is 2.62. The number of amides is 1. The Morgan fingerprint density at radius 1 is 1.00 bits per heavy atom. The maximum absolute atomic E-state index is 12.3. The molecule has 1 amide bonds. The third-order valence-electron chi connectivity index (χ3n) is 3.75. The van der Waals surface area contributed by atoms with Crippen LogP contribution >= 0.6 is 0 Å². The summed E-state index contributed by atoms with van der Waals surface area (Å²) in [6.45, 7) is 1.98. The topological polar surface area (TPSA) is 50.4 Å². The monoisotopic (exact) mass is 362 g/mol. The van der Waals surface area contributed by atoms with E-state index in [1.165, 1.54) is 12.1 Å². The normalized spacial score (nSPS) is 12.2. The second-order valence-electron chi connectivity index (χ2n) is 6.37. The largest absolute Gasteiger partial charge is 0.435 e. The highest BCUT2D eigenvalue weighted by Crippen LogP contribution is 2.24. The second kappa shape index (κ2) is 9.87. The highest BCUT2D eigenvalue weighted by molar-refractivity contribution is 5.78. The quantitative estimate of drug-likeness (QED) is 0.714. The van der Waals surface area contributed by atoms with Gasteiger partial charge in [-0.1, -0.05) is 56.3 Å². The summed E-state index contributed by atoms with van der Waals surface area (Å²) in [6, 6.07) is 15.8. The first-order valence-corrected chi connectivity index (χ1v) is 8.55. The van der Waals surface area contributed by atoms with E-state index in [1.807, 2.05) is 44.2 Å². The fourth-order valence-corrected chi connectivity index (χ4v) is 2.49. The van der Waals surface area contributed by atoms with Crippen molar-refractivity contribution >= 4 is 5.91 Å². The van der Waals surface area contributed by atoms with E-state index in [0.29, 0.717) is 12.5 Å². The Balaban J connectivity index is 2.10. The molecule has 0 saturated carbocycles. The fraction of sp³-hybridized carbons (Fsp3) is 0.350. The average molecular weight is 362 g/mol. The molecule has 1 atom stereocenters. The van der Waals surface area contributed by atoms with Gasteiger partial charge in [0.2, 0.25) is 5.91 Å². The summed E-state index contributed by atoms with van der Waals surface area (Å²) in [5.74, 6) is 0.397. The highest BCUT2D eigenvalue weighted by Gasteiger charge is 2.15. The predicted octanol–water partition coefficient (Wildman–Crippen LogP) is 3.74. The van der Waals surface area contributed by atoms with Crippen LogP contribution in [0.1, 0.15) is 31.0 Å². The molecule has 0 fully saturated rings. The highest BCUT2D eigenvalue weighted by atomic mass is 19.3. The van der Waals surface area contributed by atoms with Gasteiger partial charge in [0.25, 0.3) is 0 Å². The summed E-state index contributed by atoms with van der Waals surface area (Å²) in [5.41, 5.74) is 1.83. The van der Waals surface area contributed by atoms with Crippen LogP contribution in [0.5, 0.6) is 5.75 Å². The van der Waals surface area contributed by atoms with E-state index in [9.17, 15) is 13.6 Å². The van der Waals surface area contributed by atoms with Crippen molar-refractivity contribution in [3.8, 4) is 5.75 Å². The van der Waals surface area contributed by atoms with Gasteiger partial charge >= 0.3 is 6.61 Å². The number of benzene rings is 2. The lowest BCUT2D eigenvalue weighted by Crippen LogP contribution is -2.37. The third-order valence-corrected chi connectivity index (χ3v) is 3.75. The number of alkyl halides is 2. The molecule has 140 valence electrons. The maximum Gasteiger partial charge on any atom is 0.387 e. The Hall–Kier alpha value is -2.47. The van der Waals surface area contributed by atoms with Crippen molar-refractivity contribution in [2.24, 2.45) is 5.92 Å². The van der Waals surface area contributed by atoms with Crippen molar-refractivity contribution in [2.45, 2.75) is 26.5 Å². The Labute approximate surface area is 152 Å². The van der Waals surface area contributed by atoms with Crippen molar-refractivity contribution in [3.05, 3.63) is 65.7 Å². The van der Waals surface area contributed by atoms with E-state index in [0.717, 1.165) is 11.1 Å². The lowest BCUT2D eigenvalue weighted by atomic mass is 9.98. The van der Waals surface area contributed by atoms with Gasteiger partial charge in [-0.05, 0) is 29.2 Å². The molecule has 0 unspecified atom stereocenters. The van der Waals surface area contributed by atoms with Gasteiger partial charge in [-0.25, -0.2) is 0 Å². The van der Waals surface area contributed by atoms with Crippen molar-refractivity contribution < 1.29 is 18.3 Å². The lowest BCUT2D eigenvalue weighted by Gasteiger charge is -2.20. The molecule has 0 aliphatic rings. The molecule has 0 radical (unpaired) electrons. The second-order valence-corrected chi connectivity index (χ2v) is 6.37. The fourth-order valence-electron chi connectivity index (χ4n) is 2.49. The smallest absolute Gasteiger partial charge is 0.387 e. The standard InChI is InChI=1S/C20H24F2N2O2/c1-14(2)12-23-18(25)13-24-19(15-6-4-3-5-7-15)16-8-10-17(11-9-16)26-20(21)22/h3-11,14,19-20,24H,12-13H2,1-2H3,(H,23,25)/t19-/m0/s1. The summed E-state index contributed by atoms with van der Waals surface area (Å²) in [6.07, 6.45) is 0. The Morgan fingerprint density at radius 2 is 1.62 bits per heavy atom. The van der Waals surface area contributed by atoms with Gasteiger partial charge in [-0.15, -0.1) is 0 Å². The molecule has 2 N–H and O–H groups in total. The summed E-state index contributed by atoms with van der Waals surface area (Å²) in [4.78, 5) is 12.0. The molecule has 0 spiro atoms. The van der Waals surface area contributed by atoms with Crippen molar-refractivity contribution in [1.82, 2.24) is 10.6 Å². The first kappa shape index (κ1) is 19.8. The first-order valence-electron chi connectivity index (χ1n) is 8.55. The van der Waals surface area contributed by atoms with E-state index in [1.54, 1.807) is 12.1 Å². The van der Waals surface area contributed by atoms with Gasteiger partial charge in [0.05, 0.1) is 12.6 Å². The van der Waals surface area contributed by atoms with E-state index in [-0.39, 0.29) is 24.2 Å². The Kier molecular flexibility index (Phi) is 7.53. The SMILES string of the molecule is CC(C)CNC(=O)CN[C@@H](c1ccccc1)c1ccc(OC(F)F)cc1.